The summed E-state index contributed by atoms with van der Waals surface area (Å²) in [6.07, 6.45) is 2.48. The molecule has 2 unspecified atom stereocenters. The number of likely N-dealkylation sites (tertiary alicyclic amines) is 1. The van der Waals surface area contributed by atoms with E-state index in [1.807, 2.05) is 45.0 Å². The van der Waals surface area contributed by atoms with Crippen molar-refractivity contribution in [2.45, 2.75) is 51.9 Å². The Morgan fingerprint density at radius 2 is 2.03 bits per heavy atom. The van der Waals surface area contributed by atoms with Crippen molar-refractivity contribution >= 4 is 11.8 Å². The fourth-order valence-corrected chi connectivity index (χ4v) is 3.31. The standard InChI is InChI=1S/C21H28N4O4/c1-21(2,3)18(22)20(28)25-11-15(26)8-16(25)19(27)24-9-13-4-6-14(7-5-13)17-10-23-12-29-17/h4-7,10,12,15-16,18,26H,8-9,11,22H2,1-3H3,(H,24,27)/t15?,16?,18-/m1/s1. The first-order valence-corrected chi connectivity index (χ1v) is 9.66. The van der Waals surface area contributed by atoms with Crippen LogP contribution in [-0.2, 0) is 16.1 Å². The summed E-state index contributed by atoms with van der Waals surface area (Å²) in [6, 6.07) is 6.09. The van der Waals surface area contributed by atoms with Crippen LogP contribution < -0.4 is 11.1 Å². The van der Waals surface area contributed by atoms with E-state index in [4.69, 9.17) is 10.2 Å². The fourth-order valence-electron chi connectivity index (χ4n) is 3.31. The highest BCUT2D eigenvalue weighted by molar-refractivity contribution is 5.90. The Kier molecular flexibility index (Phi) is 6.04. The number of rotatable bonds is 5. The first-order chi connectivity index (χ1) is 13.7. The van der Waals surface area contributed by atoms with Gasteiger partial charge in [-0.25, -0.2) is 4.98 Å². The number of benzene rings is 1. The molecule has 0 aliphatic carbocycles. The third-order valence-electron chi connectivity index (χ3n) is 5.20. The monoisotopic (exact) mass is 400 g/mol. The van der Waals surface area contributed by atoms with Crippen LogP contribution in [0.3, 0.4) is 0 Å². The van der Waals surface area contributed by atoms with Crippen molar-refractivity contribution in [1.29, 1.82) is 0 Å². The van der Waals surface area contributed by atoms with Crippen LogP contribution >= 0.6 is 0 Å². The summed E-state index contributed by atoms with van der Waals surface area (Å²) in [5.74, 6) is 0.0609. The number of β-amino-alcohol motifs (C(OH)–C–C–N with tert-alkyl or cyclic N) is 1. The van der Waals surface area contributed by atoms with Gasteiger partial charge in [0.15, 0.2) is 12.2 Å². The first kappa shape index (κ1) is 21.0. The molecule has 3 atom stereocenters. The third kappa shape index (κ3) is 4.83. The summed E-state index contributed by atoms with van der Waals surface area (Å²) < 4.78 is 5.26. The lowest BCUT2D eigenvalue weighted by atomic mass is 9.86. The molecule has 2 aromatic rings. The number of oxazole rings is 1. The number of nitrogens with two attached hydrogens (primary N) is 1. The second-order valence-electron chi connectivity index (χ2n) is 8.52. The Morgan fingerprint density at radius 1 is 1.34 bits per heavy atom. The van der Waals surface area contributed by atoms with E-state index < -0.39 is 23.6 Å². The number of nitrogens with one attached hydrogen (secondary N) is 1. The van der Waals surface area contributed by atoms with E-state index in [9.17, 15) is 14.7 Å². The van der Waals surface area contributed by atoms with Crippen LogP contribution in [-0.4, -0.2) is 51.5 Å². The number of nitrogens with zero attached hydrogens (tertiary/aromatic N) is 2. The van der Waals surface area contributed by atoms with E-state index in [2.05, 4.69) is 10.3 Å². The number of aliphatic hydroxyl groups is 1. The molecule has 2 amide bonds. The second kappa shape index (κ2) is 8.34. The van der Waals surface area contributed by atoms with Crippen LogP contribution in [0.4, 0.5) is 0 Å². The van der Waals surface area contributed by atoms with Crippen molar-refractivity contribution in [3.05, 3.63) is 42.4 Å². The number of aliphatic hydroxyl groups excluding tert-OH is 1. The minimum Gasteiger partial charge on any atom is -0.444 e. The number of aromatic nitrogens is 1. The number of hydrogen-bond donors (Lipinski definition) is 3. The number of hydrogen-bond acceptors (Lipinski definition) is 6. The molecule has 8 heteroatoms. The minimum atomic E-state index is -0.744. The van der Waals surface area contributed by atoms with Gasteiger partial charge in [0, 0.05) is 25.1 Å². The Morgan fingerprint density at radius 3 is 2.62 bits per heavy atom. The summed E-state index contributed by atoms with van der Waals surface area (Å²) in [5, 5.41) is 12.9. The zero-order valence-electron chi connectivity index (χ0n) is 17.0. The average Bonchev–Trinajstić information content (AvgIpc) is 3.34. The van der Waals surface area contributed by atoms with Gasteiger partial charge in [0.2, 0.25) is 11.8 Å². The highest BCUT2D eigenvalue weighted by Crippen LogP contribution is 2.25. The van der Waals surface area contributed by atoms with Gasteiger partial charge in [0.25, 0.3) is 0 Å². The van der Waals surface area contributed by atoms with E-state index >= 15 is 0 Å². The average molecular weight is 400 g/mol. The molecule has 0 radical (unpaired) electrons. The minimum absolute atomic E-state index is 0.118. The van der Waals surface area contributed by atoms with Crippen LogP contribution in [0.15, 0.2) is 41.3 Å². The van der Waals surface area contributed by atoms with E-state index in [-0.39, 0.29) is 24.8 Å². The Bertz CT molecular complexity index is 843. The van der Waals surface area contributed by atoms with Crippen molar-refractivity contribution < 1.29 is 19.1 Å². The molecule has 4 N–H and O–H groups in total. The molecular formula is C21H28N4O4. The highest BCUT2D eigenvalue weighted by Gasteiger charge is 2.42. The van der Waals surface area contributed by atoms with Gasteiger partial charge >= 0.3 is 0 Å². The molecule has 29 heavy (non-hydrogen) atoms. The van der Waals surface area contributed by atoms with Gasteiger partial charge in [0.1, 0.15) is 6.04 Å². The maximum Gasteiger partial charge on any atom is 0.243 e. The van der Waals surface area contributed by atoms with Crippen LogP contribution in [0, 0.1) is 5.41 Å². The van der Waals surface area contributed by atoms with Gasteiger partial charge in [-0.3, -0.25) is 9.59 Å². The van der Waals surface area contributed by atoms with Crippen molar-refractivity contribution in [1.82, 2.24) is 15.2 Å². The smallest absolute Gasteiger partial charge is 0.243 e. The lowest BCUT2D eigenvalue weighted by Crippen LogP contribution is -2.54. The Hall–Kier alpha value is -2.71. The van der Waals surface area contributed by atoms with E-state index in [0.717, 1.165) is 11.1 Å². The van der Waals surface area contributed by atoms with E-state index in [0.29, 0.717) is 12.3 Å². The molecule has 0 bridgehead atoms. The zero-order chi connectivity index (χ0) is 21.2. The lowest BCUT2D eigenvalue weighted by molar-refractivity contribution is -0.141. The topological polar surface area (TPSA) is 122 Å². The summed E-state index contributed by atoms with van der Waals surface area (Å²) >= 11 is 0. The summed E-state index contributed by atoms with van der Waals surface area (Å²) in [7, 11) is 0. The van der Waals surface area contributed by atoms with Crippen molar-refractivity contribution in [2.75, 3.05) is 6.54 Å². The molecule has 2 heterocycles. The van der Waals surface area contributed by atoms with Gasteiger partial charge in [-0.05, 0) is 11.0 Å². The van der Waals surface area contributed by atoms with Crippen molar-refractivity contribution in [2.24, 2.45) is 11.1 Å². The quantitative estimate of drug-likeness (QED) is 0.695. The van der Waals surface area contributed by atoms with Gasteiger partial charge < -0.3 is 25.5 Å². The van der Waals surface area contributed by atoms with Crippen molar-refractivity contribution in [3.63, 3.8) is 0 Å². The third-order valence-corrected chi connectivity index (χ3v) is 5.20. The van der Waals surface area contributed by atoms with Crippen LogP contribution in [0.2, 0.25) is 0 Å². The summed E-state index contributed by atoms with van der Waals surface area (Å²) in [5.41, 5.74) is 7.45. The molecule has 1 aliphatic heterocycles. The molecule has 0 saturated carbocycles. The number of carbonyl (C=O) groups excluding carboxylic acids is 2. The Balaban J connectivity index is 1.62. The predicted molar refractivity (Wildman–Crippen MR) is 107 cm³/mol. The molecule has 0 spiro atoms. The first-order valence-electron chi connectivity index (χ1n) is 9.66. The molecule has 1 saturated heterocycles. The maximum atomic E-state index is 12.8. The molecule has 156 valence electrons. The van der Waals surface area contributed by atoms with Crippen LogP contribution in [0.1, 0.15) is 32.8 Å². The molecule has 1 aromatic heterocycles. The van der Waals surface area contributed by atoms with Crippen LogP contribution in [0.25, 0.3) is 11.3 Å². The predicted octanol–water partition coefficient (Wildman–Crippen LogP) is 1.29. The molecule has 3 rings (SSSR count). The molecule has 1 aromatic carbocycles. The highest BCUT2D eigenvalue weighted by atomic mass is 16.3. The fraction of sp³-hybridized carbons (Fsp3) is 0.476. The zero-order valence-corrected chi connectivity index (χ0v) is 17.0. The second-order valence-corrected chi connectivity index (χ2v) is 8.52. The van der Waals surface area contributed by atoms with E-state index in [1.165, 1.54) is 11.3 Å². The van der Waals surface area contributed by atoms with Crippen molar-refractivity contribution in [3.8, 4) is 11.3 Å². The van der Waals surface area contributed by atoms with E-state index in [1.54, 1.807) is 6.20 Å². The number of amides is 2. The maximum absolute atomic E-state index is 12.8. The Labute approximate surface area is 170 Å². The SMILES string of the molecule is CC(C)(C)[C@H](N)C(=O)N1CC(O)CC1C(=O)NCc1ccc(-c2cnco2)cc1. The normalized spacial score (nSPS) is 20.5. The van der Waals surface area contributed by atoms with Gasteiger partial charge in [-0.15, -0.1) is 0 Å². The molecule has 1 fully saturated rings. The lowest BCUT2D eigenvalue weighted by Gasteiger charge is -2.32. The van der Waals surface area contributed by atoms with Gasteiger partial charge in [-0.1, -0.05) is 45.0 Å². The summed E-state index contributed by atoms with van der Waals surface area (Å²) in [4.78, 5) is 30.8. The van der Waals surface area contributed by atoms with Gasteiger partial charge in [-0.2, -0.15) is 0 Å². The summed E-state index contributed by atoms with van der Waals surface area (Å²) in [6.45, 7) is 6.06. The molecule has 8 nitrogen and oxygen atoms in total. The van der Waals surface area contributed by atoms with Gasteiger partial charge in [0.05, 0.1) is 18.3 Å². The van der Waals surface area contributed by atoms with Crippen LogP contribution in [0.5, 0.6) is 0 Å². The molecule has 1 aliphatic rings. The number of carbonyl (C=O) groups is 2. The molecular weight excluding hydrogens is 372 g/mol. The largest absolute Gasteiger partial charge is 0.444 e.